The lowest BCUT2D eigenvalue weighted by atomic mass is 9.93. The first-order valence-electron chi connectivity index (χ1n) is 14.1. The predicted molar refractivity (Wildman–Crippen MR) is 156 cm³/mol. The van der Waals surface area contributed by atoms with E-state index >= 15 is 0 Å². The Morgan fingerprint density at radius 2 is 1.82 bits per heavy atom. The van der Waals surface area contributed by atoms with Crippen LogP contribution in [0.25, 0.3) is 21.8 Å². The SMILES string of the molecule is CC(C)c1nnc(-c2ccc(Oc3cc(-c4cc(C5CCNCC5)ncn4)ccc3CN3CCCC3=O)cc2)s1. The van der Waals surface area contributed by atoms with Crippen molar-refractivity contribution in [3.8, 4) is 33.3 Å². The van der Waals surface area contributed by atoms with Crippen molar-refractivity contribution < 1.29 is 9.53 Å². The van der Waals surface area contributed by atoms with Crippen LogP contribution in [-0.2, 0) is 11.3 Å². The smallest absolute Gasteiger partial charge is 0.222 e. The van der Waals surface area contributed by atoms with Gasteiger partial charge >= 0.3 is 0 Å². The summed E-state index contributed by atoms with van der Waals surface area (Å²) in [7, 11) is 0. The lowest BCUT2D eigenvalue weighted by Gasteiger charge is -2.22. The highest BCUT2D eigenvalue weighted by atomic mass is 32.1. The second-order valence-corrected chi connectivity index (χ2v) is 11.8. The highest BCUT2D eigenvalue weighted by molar-refractivity contribution is 7.14. The van der Waals surface area contributed by atoms with Crippen LogP contribution < -0.4 is 10.1 Å². The first-order valence-corrected chi connectivity index (χ1v) is 14.9. The summed E-state index contributed by atoms with van der Waals surface area (Å²) in [6.45, 7) is 7.59. The van der Waals surface area contributed by atoms with E-state index in [0.29, 0.717) is 24.8 Å². The van der Waals surface area contributed by atoms with Gasteiger partial charge in [0.15, 0.2) is 0 Å². The first kappa shape index (κ1) is 26.5. The molecule has 4 heterocycles. The molecule has 40 heavy (non-hydrogen) atoms. The summed E-state index contributed by atoms with van der Waals surface area (Å²) in [5, 5.41) is 14.0. The van der Waals surface area contributed by atoms with Crippen molar-refractivity contribution >= 4 is 17.2 Å². The van der Waals surface area contributed by atoms with Gasteiger partial charge in [0, 0.05) is 53.7 Å². The van der Waals surface area contributed by atoms with E-state index in [1.54, 1.807) is 17.7 Å². The number of hydrogen-bond acceptors (Lipinski definition) is 8. The normalized spacial score (nSPS) is 16.2. The van der Waals surface area contributed by atoms with Gasteiger partial charge in [0.2, 0.25) is 5.91 Å². The molecular weight excluding hydrogens is 520 g/mol. The molecule has 0 aliphatic carbocycles. The molecule has 2 aliphatic heterocycles. The van der Waals surface area contributed by atoms with Gasteiger partial charge in [-0.05, 0) is 68.8 Å². The number of amides is 1. The fourth-order valence-corrected chi connectivity index (χ4v) is 6.12. The zero-order chi connectivity index (χ0) is 27.5. The fourth-order valence-electron chi connectivity index (χ4n) is 5.26. The monoisotopic (exact) mass is 554 g/mol. The van der Waals surface area contributed by atoms with Crippen molar-refractivity contribution in [3.05, 3.63) is 71.1 Å². The second kappa shape index (κ2) is 11.8. The number of hydrogen-bond donors (Lipinski definition) is 1. The van der Waals surface area contributed by atoms with E-state index < -0.39 is 0 Å². The largest absolute Gasteiger partial charge is 0.457 e. The van der Waals surface area contributed by atoms with E-state index in [9.17, 15) is 4.79 Å². The molecule has 9 heteroatoms. The lowest BCUT2D eigenvalue weighted by Crippen LogP contribution is -2.27. The Morgan fingerprint density at radius 3 is 2.55 bits per heavy atom. The first-order chi connectivity index (χ1) is 19.5. The Bertz CT molecular complexity index is 1480. The predicted octanol–water partition coefficient (Wildman–Crippen LogP) is 6.17. The van der Waals surface area contributed by atoms with Gasteiger partial charge in [0.05, 0.1) is 5.69 Å². The standard InChI is InChI=1S/C31H34N6O2S/c1-20(2)30-35-36-31(40-30)22-7-9-25(10-8-22)39-28-16-23(5-6-24(28)18-37-15-3-4-29(37)38)27-17-26(33-19-34-27)21-11-13-32-14-12-21/h5-10,16-17,19-21,32H,3-4,11-15,18H2,1-2H3. The van der Waals surface area contributed by atoms with Gasteiger partial charge < -0.3 is 15.0 Å². The van der Waals surface area contributed by atoms with E-state index in [0.717, 1.165) is 88.5 Å². The third-order valence-corrected chi connectivity index (χ3v) is 8.88. The number of likely N-dealkylation sites (tertiary alicyclic amines) is 1. The van der Waals surface area contributed by atoms with E-state index in [2.05, 4.69) is 57.5 Å². The summed E-state index contributed by atoms with van der Waals surface area (Å²) in [4.78, 5) is 23.5. The van der Waals surface area contributed by atoms with Crippen molar-refractivity contribution in [2.75, 3.05) is 19.6 Å². The minimum absolute atomic E-state index is 0.194. The molecule has 0 radical (unpaired) electrons. The molecule has 8 nitrogen and oxygen atoms in total. The number of nitrogens with one attached hydrogen (secondary N) is 1. The van der Waals surface area contributed by atoms with Crippen LogP contribution in [0.15, 0.2) is 54.9 Å². The average Bonchev–Trinajstić information content (AvgIpc) is 3.65. The highest BCUT2D eigenvalue weighted by Gasteiger charge is 2.23. The Hall–Kier alpha value is -3.69. The van der Waals surface area contributed by atoms with E-state index in [1.807, 2.05) is 35.2 Å². The van der Waals surface area contributed by atoms with Crippen LogP contribution in [0.3, 0.4) is 0 Å². The number of aromatic nitrogens is 4. The number of nitrogens with zero attached hydrogens (tertiary/aromatic N) is 5. The van der Waals surface area contributed by atoms with Crippen molar-refractivity contribution in [2.45, 2.75) is 57.9 Å². The third-order valence-electron chi connectivity index (χ3n) is 7.60. The van der Waals surface area contributed by atoms with Crippen LogP contribution >= 0.6 is 11.3 Å². The molecule has 206 valence electrons. The summed E-state index contributed by atoms with van der Waals surface area (Å²) in [5.74, 6) is 2.45. The van der Waals surface area contributed by atoms with Crippen molar-refractivity contribution in [1.82, 2.24) is 30.4 Å². The van der Waals surface area contributed by atoms with Crippen molar-refractivity contribution in [3.63, 3.8) is 0 Å². The van der Waals surface area contributed by atoms with Gasteiger partial charge in [0.1, 0.15) is 27.8 Å². The molecule has 2 aromatic carbocycles. The molecule has 2 saturated heterocycles. The fraction of sp³-hybridized carbons (Fsp3) is 0.387. The summed E-state index contributed by atoms with van der Waals surface area (Å²) in [5.41, 5.74) is 4.93. The van der Waals surface area contributed by atoms with Gasteiger partial charge in [0.25, 0.3) is 0 Å². The minimum Gasteiger partial charge on any atom is -0.457 e. The third kappa shape index (κ3) is 5.90. The molecule has 4 aromatic rings. The van der Waals surface area contributed by atoms with Gasteiger partial charge in [-0.3, -0.25) is 4.79 Å². The quantitative estimate of drug-likeness (QED) is 0.279. The van der Waals surface area contributed by atoms with E-state index in [1.165, 1.54) is 0 Å². The zero-order valence-electron chi connectivity index (χ0n) is 23.0. The van der Waals surface area contributed by atoms with E-state index in [4.69, 9.17) is 4.74 Å². The number of carbonyl (C=O) groups is 1. The van der Waals surface area contributed by atoms with Crippen molar-refractivity contribution in [2.24, 2.45) is 0 Å². The molecule has 1 amide bonds. The maximum atomic E-state index is 12.4. The molecule has 6 rings (SSSR count). The summed E-state index contributed by atoms with van der Waals surface area (Å²) in [6.07, 6.45) is 5.35. The molecule has 0 spiro atoms. The maximum Gasteiger partial charge on any atom is 0.222 e. The zero-order valence-corrected chi connectivity index (χ0v) is 23.8. The Morgan fingerprint density at radius 1 is 1.02 bits per heavy atom. The Kier molecular flexibility index (Phi) is 7.84. The molecule has 0 saturated carbocycles. The van der Waals surface area contributed by atoms with Gasteiger partial charge in [-0.1, -0.05) is 37.3 Å². The highest BCUT2D eigenvalue weighted by Crippen LogP contribution is 2.35. The molecule has 0 bridgehead atoms. The molecule has 0 unspecified atom stereocenters. The van der Waals surface area contributed by atoms with Crippen LogP contribution in [0.4, 0.5) is 0 Å². The molecule has 0 atom stereocenters. The van der Waals surface area contributed by atoms with Crippen LogP contribution in [0, 0.1) is 0 Å². The Labute approximate surface area is 238 Å². The topological polar surface area (TPSA) is 93.1 Å². The lowest BCUT2D eigenvalue weighted by molar-refractivity contribution is -0.128. The molecule has 2 fully saturated rings. The number of benzene rings is 2. The molecule has 1 N–H and O–H groups in total. The minimum atomic E-state index is 0.194. The summed E-state index contributed by atoms with van der Waals surface area (Å²) < 4.78 is 6.48. The number of carbonyl (C=O) groups excluding carboxylic acids is 1. The molecule has 2 aromatic heterocycles. The van der Waals surface area contributed by atoms with Crippen LogP contribution in [-0.4, -0.2) is 50.6 Å². The number of piperidine rings is 1. The summed E-state index contributed by atoms with van der Waals surface area (Å²) in [6, 6.07) is 16.2. The Balaban J connectivity index is 1.28. The number of rotatable bonds is 8. The van der Waals surface area contributed by atoms with Crippen LogP contribution in [0.5, 0.6) is 11.5 Å². The van der Waals surface area contributed by atoms with Crippen LogP contribution in [0.1, 0.15) is 67.6 Å². The second-order valence-electron chi connectivity index (χ2n) is 10.8. The number of ether oxygens (including phenoxy) is 1. The maximum absolute atomic E-state index is 12.4. The van der Waals surface area contributed by atoms with E-state index in [-0.39, 0.29) is 5.91 Å². The average molecular weight is 555 g/mol. The summed E-state index contributed by atoms with van der Waals surface area (Å²) >= 11 is 1.62. The van der Waals surface area contributed by atoms with Crippen molar-refractivity contribution in [1.29, 1.82) is 0 Å². The van der Waals surface area contributed by atoms with Gasteiger partial charge in [-0.2, -0.15) is 0 Å². The van der Waals surface area contributed by atoms with Gasteiger partial charge in [-0.15, -0.1) is 10.2 Å². The molecular formula is C31H34N6O2S. The van der Waals surface area contributed by atoms with Crippen LogP contribution in [0.2, 0.25) is 0 Å². The van der Waals surface area contributed by atoms with Gasteiger partial charge in [-0.25, -0.2) is 9.97 Å². The molecule has 2 aliphatic rings.